The van der Waals surface area contributed by atoms with Crippen molar-refractivity contribution in [1.29, 1.82) is 0 Å². The van der Waals surface area contributed by atoms with Crippen molar-refractivity contribution in [2.75, 3.05) is 26.2 Å². The predicted molar refractivity (Wildman–Crippen MR) is 81.7 cm³/mol. The Kier molecular flexibility index (Phi) is 8.02. The van der Waals surface area contributed by atoms with Gasteiger partial charge in [0.15, 0.2) is 0 Å². The van der Waals surface area contributed by atoms with Crippen LogP contribution in [-0.4, -0.2) is 54.4 Å². The van der Waals surface area contributed by atoms with Gasteiger partial charge in [-0.05, 0) is 25.7 Å². The fourth-order valence-electron chi connectivity index (χ4n) is 2.62. The van der Waals surface area contributed by atoms with Crippen LogP contribution in [-0.2, 0) is 10.2 Å². The van der Waals surface area contributed by atoms with Crippen molar-refractivity contribution in [2.45, 2.75) is 64.8 Å². The number of aliphatic hydroxyl groups is 1. The lowest BCUT2D eigenvalue weighted by Crippen LogP contribution is -2.52. The number of piperidine rings is 1. The summed E-state index contributed by atoms with van der Waals surface area (Å²) < 4.78 is 28.8. The standard InChI is InChI=1S/C14H30N2O3S/c1-3-5-10-15(11-6-4-2)20(18,19)16-12-8-7-9-14(16)13-17/h14,17H,3-13H2,1-2H3. The Hall–Kier alpha value is -0.170. The minimum Gasteiger partial charge on any atom is -0.395 e. The average Bonchev–Trinajstić information content (AvgIpc) is 2.47. The van der Waals surface area contributed by atoms with E-state index in [0.717, 1.165) is 44.9 Å². The Labute approximate surface area is 124 Å². The molecular weight excluding hydrogens is 276 g/mol. The molecule has 120 valence electrons. The van der Waals surface area contributed by atoms with Crippen LogP contribution in [0.1, 0.15) is 58.8 Å². The summed E-state index contributed by atoms with van der Waals surface area (Å²) in [6.07, 6.45) is 6.42. The fraction of sp³-hybridized carbons (Fsp3) is 1.00. The molecule has 6 heteroatoms. The summed E-state index contributed by atoms with van der Waals surface area (Å²) in [7, 11) is -3.42. The van der Waals surface area contributed by atoms with E-state index in [1.807, 2.05) is 0 Å². The van der Waals surface area contributed by atoms with Crippen LogP contribution in [0.4, 0.5) is 0 Å². The van der Waals surface area contributed by atoms with Crippen molar-refractivity contribution in [1.82, 2.24) is 8.61 Å². The van der Waals surface area contributed by atoms with Crippen LogP contribution in [0.5, 0.6) is 0 Å². The molecule has 1 heterocycles. The quantitative estimate of drug-likeness (QED) is 0.708. The molecule has 0 radical (unpaired) electrons. The van der Waals surface area contributed by atoms with Crippen molar-refractivity contribution in [3.63, 3.8) is 0 Å². The van der Waals surface area contributed by atoms with Gasteiger partial charge in [0, 0.05) is 25.7 Å². The minimum absolute atomic E-state index is 0.0748. The van der Waals surface area contributed by atoms with Gasteiger partial charge in [-0.25, -0.2) is 0 Å². The van der Waals surface area contributed by atoms with E-state index >= 15 is 0 Å². The van der Waals surface area contributed by atoms with Crippen molar-refractivity contribution in [3.05, 3.63) is 0 Å². The molecule has 1 saturated heterocycles. The van der Waals surface area contributed by atoms with Crippen molar-refractivity contribution >= 4 is 10.2 Å². The first kappa shape index (κ1) is 17.9. The zero-order chi connectivity index (χ0) is 15.0. The molecular formula is C14H30N2O3S. The lowest BCUT2D eigenvalue weighted by molar-refractivity contribution is 0.147. The lowest BCUT2D eigenvalue weighted by Gasteiger charge is -2.37. The number of hydrogen-bond acceptors (Lipinski definition) is 3. The van der Waals surface area contributed by atoms with Gasteiger partial charge in [-0.1, -0.05) is 33.1 Å². The number of aliphatic hydroxyl groups excluding tert-OH is 1. The van der Waals surface area contributed by atoms with Gasteiger partial charge in [0.25, 0.3) is 10.2 Å². The highest BCUT2D eigenvalue weighted by molar-refractivity contribution is 7.86. The van der Waals surface area contributed by atoms with Crippen LogP contribution in [0.15, 0.2) is 0 Å². The Morgan fingerprint density at radius 3 is 2.25 bits per heavy atom. The zero-order valence-corrected chi connectivity index (χ0v) is 13.7. The van der Waals surface area contributed by atoms with Gasteiger partial charge in [0.05, 0.1) is 6.61 Å². The second kappa shape index (κ2) is 8.97. The molecule has 0 aromatic carbocycles. The normalized spacial score (nSPS) is 21.5. The molecule has 1 aliphatic rings. The van der Waals surface area contributed by atoms with Crippen molar-refractivity contribution in [2.24, 2.45) is 0 Å². The summed E-state index contributed by atoms with van der Waals surface area (Å²) in [6, 6.07) is -0.237. The molecule has 0 aromatic heterocycles. The number of rotatable bonds is 9. The second-order valence-electron chi connectivity index (χ2n) is 5.56. The molecule has 20 heavy (non-hydrogen) atoms. The summed E-state index contributed by atoms with van der Waals surface area (Å²) in [5.41, 5.74) is 0. The second-order valence-corrected chi connectivity index (χ2v) is 7.44. The highest BCUT2D eigenvalue weighted by Crippen LogP contribution is 2.23. The van der Waals surface area contributed by atoms with Gasteiger partial charge in [-0.3, -0.25) is 0 Å². The van der Waals surface area contributed by atoms with E-state index in [-0.39, 0.29) is 12.6 Å². The average molecular weight is 306 g/mol. The molecule has 1 fully saturated rings. The van der Waals surface area contributed by atoms with E-state index in [4.69, 9.17) is 0 Å². The topological polar surface area (TPSA) is 60.9 Å². The smallest absolute Gasteiger partial charge is 0.282 e. The highest BCUT2D eigenvalue weighted by atomic mass is 32.2. The lowest BCUT2D eigenvalue weighted by atomic mass is 10.1. The van der Waals surface area contributed by atoms with Gasteiger partial charge in [0.2, 0.25) is 0 Å². The third kappa shape index (κ3) is 4.69. The van der Waals surface area contributed by atoms with Gasteiger partial charge >= 0.3 is 0 Å². The largest absolute Gasteiger partial charge is 0.395 e. The van der Waals surface area contributed by atoms with Gasteiger partial charge in [-0.15, -0.1) is 0 Å². The van der Waals surface area contributed by atoms with Crippen LogP contribution < -0.4 is 0 Å². The first-order valence-electron chi connectivity index (χ1n) is 7.95. The van der Waals surface area contributed by atoms with Crippen LogP contribution in [0.2, 0.25) is 0 Å². The molecule has 1 aliphatic heterocycles. The molecule has 1 unspecified atom stereocenters. The van der Waals surface area contributed by atoms with Crippen molar-refractivity contribution < 1.29 is 13.5 Å². The van der Waals surface area contributed by atoms with Gasteiger partial charge < -0.3 is 5.11 Å². The molecule has 0 amide bonds. The zero-order valence-electron chi connectivity index (χ0n) is 12.9. The maximum Gasteiger partial charge on any atom is 0.282 e. The summed E-state index contributed by atoms with van der Waals surface area (Å²) in [5, 5.41) is 9.43. The molecule has 0 saturated carbocycles. The number of unbranched alkanes of at least 4 members (excludes halogenated alkanes) is 2. The molecule has 0 aromatic rings. The first-order chi connectivity index (χ1) is 9.57. The van der Waals surface area contributed by atoms with E-state index in [2.05, 4.69) is 13.8 Å². The van der Waals surface area contributed by atoms with E-state index in [1.54, 1.807) is 4.31 Å². The van der Waals surface area contributed by atoms with Crippen LogP contribution >= 0.6 is 0 Å². The van der Waals surface area contributed by atoms with E-state index in [1.165, 1.54) is 4.31 Å². The van der Waals surface area contributed by atoms with Crippen molar-refractivity contribution in [3.8, 4) is 0 Å². The Morgan fingerprint density at radius 1 is 1.15 bits per heavy atom. The Bertz CT molecular complexity index is 351. The highest BCUT2D eigenvalue weighted by Gasteiger charge is 2.35. The summed E-state index contributed by atoms with van der Waals surface area (Å²) in [6.45, 7) is 5.79. The summed E-state index contributed by atoms with van der Waals surface area (Å²) in [5.74, 6) is 0. The van der Waals surface area contributed by atoms with Crippen LogP contribution in [0, 0.1) is 0 Å². The Balaban J connectivity index is 2.83. The first-order valence-corrected chi connectivity index (χ1v) is 9.35. The van der Waals surface area contributed by atoms with E-state index in [9.17, 15) is 13.5 Å². The minimum atomic E-state index is -3.42. The molecule has 1 N–H and O–H groups in total. The summed E-state index contributed by atoms with van der Waals surface area (Å²) in [4.78, 5) is 0. The SMILES string of the molecule is CCCCN(CCCC)S(=O)(=O)N1CCCCC1CO. The third-order valence-electron chi connectivity index (χ3n) is 3.93. The molecule has 1 rings (SSSR count). The third-order valence-corrected chi connectivity index (χ3v) is 6.02. The predicted octanol–water partition coefficient (Wildman–Crippen LogP) is 1.98. The Morgan fingerprint density at radius 2 is 1.75 bits per heavy atom. The molecule has 0 aliphatic carbocycles. The maximum atomic E-state index is 12.8. The maximum absolute atomic E-state index is 12.8. The fourth-order valence-corrected chi connectivity index (χ4v) is 4.54. The molecule has 5 nitrogen and oxygen atoms in total. The molecule has 1 atom stereocenters. The van der Waals surface area contributed by atoms with Crippen LogP contribution in [0.25, 0.3) is 0 Å². The molecule has 0 spiro atoms. The number of nitrogens with zero attached hydrogens (tertiary/aromatic N) is 2. The van der Waals surface area contributed by atoms with Gasteiger partial charge in [-0.2, -0.15) is 17.0 Å². The summed E-state index contributed by atoms with van der Waals surface area (Å²) >= 11 is 0. The molecule has 0 bridgehead atoms. The van der Waals surface area contributed by atoms with Crippen LogP contribution in [0.3, 0.4) is 0 Å². The van der Waals surface area contributed by atoms with Gasteiger partial charge in [0.1, 0.15) is 0 Å². The number of hydrogen-bond donors (Lipinski definition) is 1. The van der Waals surface area contributed by atoms with E-state index in [0.29, 0.717) is 19.6 Å². The monoisotopic (exact) mass is 306 g/mol. The van der Waals surface area contributed by atoms with E-state index < -0.39 is 10.2 Å².